The second-order valence-electron chi connectivity index (χ2n) is 5.81. The van der Waals surface area contributed by atoms with E-state index >= 15 is 0 Å². The maximum absolute atomic E-state index is 11.6. The van der Waals surface area contributed by atoms with Crippen molar-refractivity contribution in [3.63, 3.8) is 0 Å². The molecule has 20 heavy (non-hydrogen) atoms. The highest BCUT2D eigenvalue weighted by atomic mass is 32.2. The van der Waals surface area contributed by atoms with Gasteiger partial charge >= 0.3 is 5.97 Å². The number of carboxylic acid groups (broad SMARTS) is 1. The number of likely N-dealkylation sites (N-methyl/N-ethyl adjacent to an activating group) is 1. The summed E-state index contributed by atoms with van der Waals surface area (Å²) in [6, 6.07) is 8.45. The smallest absolute Gasteiger partial charge is 0.325 e. The molecule has 3 nitrogen and oxygen atoms in total. The largest absolute Gasteiger partial charge is 0.480 e. The summed E-state index contributed by atoms with van der Waals surface area (Å²) in [6.07, 6.45) is 2.03. The molecular formula is C16H23NO2S. The SMILES string of the molecule is CNC(CSc1ccc(C(C)C)cc1)(C(=O)O)C1CC1. The van der Waals surface area contributed by atoms with Crippen LogP contribution in [0.5, 0.6) is 0 Å². The lowest BCUT2D eigenvalue weighted by Gasteiger charge is -2.28. The van der Waals surface area contributed by atoms with Gasteiger partial charge in [-0.3, -0.25) is 4.79 Å². The minimum absolute atomic E-state index is 0.271. The highest BCUT2D eigenvalue weighted by Gasteiger charge is 2.50. The number of rotatable bonds is 7. The fourth-order valence-electron chi connectivity index (χ4n) is 2.46. The quantitative estimate of drug-likeness (QED) is 0.757. The van der Waals surface area contributed by atoms with Gasteiger partial charge in [-0.25, -0.2) is 0 Å². The molecule has 1 aromatic rings. The first-order valence-electron chi connectivity index (χ1n) is 7.14. The van der Waals surface area contributed by atoms with Crippen LogP contribution >= 0.6 is 11.8 Å². The second-order valence-corrected chi connectivity index (χ2v) is 6.86. The Kier molecular flexibility index (Phi) is 4.76. The van der Waals surface area contributed by atoms with E-state index < -0.39 is 11.5 Å². The first-order chi connectivity index (χ1) is 9.49. The maximum Gasteiger partial charge on any atom is 0.325 e. The Morgan fingerprint density at radius 2 is 2.00 bits per heavy atom. The molecule has 0 aromatic heterocycles. The third-order valence-electron chi connectivity index (χ3n) is 4.12. The Hall–Kier alpha value is -1.00. The topological polar surface area (TPSA) is 49.3 Å². The Morgan fingerprint density at radius 1 is 1.40 bits per heavy atom. The van der Waals surface area contributed by atoms with Crippen LogP contribution in [0.15, 0.2) is 29.2 Å². The number of hydrogen-bond acceptors (Lipinski definition) is 3. The molecule has 0 amide bonds. The molecule has 0 radical (unpaired) electrons. The summed E-state index contributed by atoms with van der Waals surface area (Å²) in [5.74, 6) is 0.641. The molecule has 0 spiro atoms. The summed E-state index contributed by atoms with van der Waals surface area (Å²) in [6.45, 7) is 4.34. The summed E-state index contributed by atoms with van der Waals surface area (Å²) in [4.78, 5) is 12.8. The Bertz CT molecular complexity index is 468. The van der Waals surface area contributed by atoms with Gasteiger partial charge in [0.05, 0.1) is 0 Å². The Labute approximate surface area is 125 Å². The lowest BCUT2D eigenvalue weighted by molar-refractivity contribution is -0.144. The lowest BCUT2D eigenvalue weighted by atomic mass is 9.96. The minimum Gasteiger partial charge on any atom is -0.480 e. The van der Waals surface area contributed by atoms with Crippen molar-refractivity contribution in [3.8, 4) is 0 Å². The van der Waals surface area contributed by atoms with Crippen LogP contribution in [-0.4, -0.2) is 29.4 Å². The highest BCUT2D eigenvalue weighted by molar-refractivity contribution is 7.99. The van der Waals surface area contributed by atoms with E-state index in [-0.39, 0.29) is 5.92 Å². The molecule has 1 unspecified atom stereocenters. The van der Waals surface area contributed by atoms with Crippen LogP contribution in [0.25, 0.3) is 0 Å². The molecule has 1 fully saturated rings. The molecular weight excluding hydrogens is 270 g/mol. The van der Waals surface area contributed by atoms with Crippen molar-refractivity contribution in [1.82, 2.24) is 5.32 Å². The van der Waals surface area contributed by atoms with Gasteiger partial charge in [-0.15, -0.1) is 11.8 Å². The maximum atomic E-state index is 11.6. The highest BCUT2D eigenvalue weighted by Crippen LogP contribution is 2.42. The van der Waals surface area contributed by atoms with Crippen molar-refractivity contribution >= 4 is 17.7 Å². The van der Waals surface area contributed by atoms with Crippen molar-refractivity contribution in [2.75, 3.05) is 12.8 Å². The van der Waals surface area contributed by atoms with Crippen LogP contribution < -0.4 is 5.32 Å². The monoisotopic (exact) mass is 293 g/mol. The third-order valence-corrected chi connectivity index (χ3v) is 5.32. The van der Waals surface area contributed by atoms with Gasteiger partial charge in [0.2, 0.25) is 0 Å². The van der Waals surface area contributed by atoms with E-state index in [2.05, 4.69) is 43.4 Å². The standard InChI is InChI=1S/C16H23NO2S/c1-11(2)12-4-8-14(9-5-12)20-10-16(17-3,15(18)19)13-6-7-13/h4-5,8-9,11,13,17H,6-7,10H2,1-3H3,(H,18,19). The van der Waals surface area contributed by atoms with Crippen LogP contribution in [0, 0.1) is 5.92 Å². The molecule has 4 heteroatoms. The molecule has 1 saturated carbocycles. The van der Waals surface area contributed by atoms with Crippen LogP contribution in [0.4, 0.5) is 0 Å². The van der Waals surface area contributed by atoms with E-state index in [9.17, 15) is 9.90 Å². The van der Waals surface area contributed by atoms with Crippen molar-refractivity contribution in [1.29, 1.82) is 0 Å². The van der Waals surface area contributed by atoms with Gasteiger partial charge in [0, 0.05) is 10.6 Å². The van der Waals surface area contributed by atoms with E-state index in [1.807, 2.05) is 0 Å². The van der Waals surface area contributed by atoms with Gasteiger partial charge < -0.3 is 10.4 Å². The first kappa shape index (κ1) is 15.4. The molecule has 110 valence electrons. The van der Waals surface area contributed by atoms with E-state index in [4.69, 9.17) is 0 Å². The van der Waals surface area contributed by atoms with Crippen molar-refractivity contribution in [2.24, 2.45) is 5.92 Å². The van der Waals surface area contributed by atoms with Crippen LogP contribution in [-0.2, 0) is 4.79 Å². The molecule has 2 rings (SSSR count). The average Bonchev–Trinajstić information content (AvgIpc) is 3.25. The van der Waals surface area contributed by atoms with Crippen molar-refractivity contribution < 1.29 is 9.90 Å². The first-order valence-corrected chi connectivity index (χ1v) is 8.13. The van der Waals surface area contributed by atoms with E-state index in [0.717, 1.165) is 17.7 Å². The van der Waals surface area contributed by atoms with E-state index in [1.54, 1.807) is 18.8 Å². The zero-order valence-corrected chi connectivity index (χ0v) is 13.2. The van der Waals surface area contributed by atoms with Gasteiger partial charge in [-0.1, -0.05) is 26.0 Å². The van der Waals surface area contributed by atoms with E-state index in [0.29, 0.717) is 11.7 Å². The van der Waals surface area contributed by atoms with Gasteiger partial charge in [-0.2, -0.15) is 0 Å². The number of hydrogen-bond donors (Lipinski definition) is 2. The predicted molar refractivity (Wildman–Crippen MR) is 83.4 cm³/mol. The molecule has 2 N–H and O–H groups in total. The van der Waals surface area contributed by atoms with Crippen LogP contribution in [0.1, 0.15) is 38.2 Å². The average molecular weight is 293 g/mol. The summed E-state index contributed by atoms with van der Waals surface area (Å²) in [5, 5.41) is 12.6. The normalized spacial score (nSPS) is 18.0. The number of thioether (sulfide) groups is 1. The fraction of sp³-hybridized carbons (Fsp3) is 0.562. The zero-order valence-electron chi connectivity index (χ0n) is 12.3. The second kappa shape index (κ2) is 6.19. The fourth-order valence-corrected chi connectivity index (χ4v) is 3.69. The Balaban J connectivity index is 2.04. The minimum atomic E-state index is -0.776. The van der Waals surface area contributed by atoms with Gasteiger partial charge in [-0.05, 0) is 49.4 Å². The molecule has 1 atom stereocenters. The number of carboxylic acids is 1. The van der Waals surface area contributed by atoms with Crippen LogP contribution in [0.3, 0.4) is 0 Å². The molecule has 0 bridgehead atoms. The molecule has 0 saturated heterocycles. The number of aliphatic carboxylic acids is 1. The molecule has 1 aliphatic rings. The summed E-state index contributed by atoms with van der Waals surface area (Å²) in [5.41, 5.74) is 0.538. The lowest BCUT2D eigenvalue weighted by Crippen LogP contribution is -2.54. The molecule has 0 heterocycles. The molecule has 0 aliphatic heterocycles. The summed E-state index contributed by atoms with van der Waals surface area (Å²) >= 11 is 1.63. The predicted octanol–water partition coefficient (Wildman–Crippen LogP) is 3.35. The number of benzene rings is 1. The summed E-state index contributed by atoms with van der Waals surface area (Å²) < 4.78 is 0. The van der Waals surface area contributed by atoms with E-state index in [1.165, 1.54) is 5.56 Å². The Morgan fingerprint density at radius 3 is 2.40 bits per heavy atom. The third kappa shape index (κ3) is 3.18. The summed E-state index contributed by atoms with van der Waals surface area (Å²) in [7, 11) is 1.76. The molecule has 1 aromatic carbocycles. The zero-order chi connectivity index (χ0) is 14.8. The molecule has 1 aliphatic carbocycles. The van der Waals surface area contributed by atoms with Gasteiger partial charge in [0.25, 0.3) is 0 Å². The van der Waals surface area contributed by atoms with Crippen molar-refractivity contribution in [3.05, 3.63) is 29.8 Å². The number of nitrogens with one attached hydrogen (secondary N) is 1. The number of carbonyl (C=O) groups is 1. The van der Waals surface area contributed by atoms with Crippen LogP contribution in [0.2, 0.25) is 0 Å². The van der Waals surface area contributed by atoms with Gasteiger partial charge in [0.15, 0.2) is 0 Å². The van der Waals surface area contributed by atoms with Gasteiger partial charge in [0.1, 0.15) is 5.54 Å². The van der Waals surface area contributed by atoms with Crippen molar-refractivity contribution in [2.45, 2.75) is 43.0 Å².